The molecule has 5 nitrogen and oxygen atoms in total. The number of rotatable bonds is 5. The highest BCUT2D eigenvalue weighted by Crippen LogP contribution is 2.33. The maximum Gasteiger partial charge on any atom is 0.417 e. The Morgan fingerprint density at radius 1 is 0.967 bits per heavy atom. The molecular formula is C18H16F6N2O3S. The zero-order chi connectivity index (χ0) is 22.9. The van der Waals surface area contributed by atoms with E-state index in [1.165, 1.54) is 13.8 Å². The number of aromatic nitrogens is 1. The highest BCUT2D eigenvalue weighted by Gasteiger charge is 2.35. The smallest absolute Gasteiger partial charge is 0.293 e. The topological polar surface area (TPSA) is 67.3 Å². The summed E-state index contributed by atoms with van der Waals surface area (Å²) in [5.74, 6) is -1.78. The Morgan fingerprint density at radius 2 is 1.53 bits per heavy atom. The SMILES string of the molecule is CCN(C(=O)c1ccc(C(F)(F)F)cc1S(=O)(=O)CC)c1ccc(C(F)(F)F)cn1. The number of sulfone groups is 1. The van der Waals surface area contributed by atoms with E-state index in [-0.39, 0.29) is 12.4 Å². The number of nitrogens with zero attached hydrogens (tertiary/aromatic N) is 2. The van der Waals surface area contributed by atoms with E-state index < -0.39 is 55.4 Å². The minimum atomic E-state index is -4.83. The second-order valence-electron chi connectivity index (χ2n) is 6.06. The molecule has 0 unspecified atom stereocenters. The van der Waals surface area contributed by atoms with Gasteiger partial charge in [-0.2, -0.15) is 26.3 Å². The molecule has 1 aromatic heterocycles. The van der Waals surface area contributed by atoms with Crippen LogP contribution < -0.4 is 4.90 Å². The lowest BCUT2D eigenvalue weighted by Gasteiger charge is -2.22. The Hall–Kier alpha value is -2.63. The van der Waals surface area contributed by atoms with E-state index in [9.17, 15) is 39.6 Å². The Bertz CT molecular complexity index is 1030. The third kappa shape index (κ3) is 4.91. The van der Waals surface area contributed by atoms with Crippen molar-refractivity contribution in [2.24, 2.45) is 0 Å². The molecule has 1 amide bonds. The minimum Gasteiger partial charge on any atom is -0.293 e. The van der Waals surface area contributed by atoms with Gasteiger partial charge in [-0.15, -0.1) is 0 Å². The van der Waals surface area contributed by atoms with Crippen molar-refractivity contribution in [3.63, 3.8) is 0 Å². The normalized spacial score (nSPS) is 12.7. The summed E-state index contributed by atoms with van der Waals surface area (Å²) >= 11 is 0. The Morgan fingerprint density at radius 3 is 1.97 bits per heavy atom. The fourth-order valence-electron chi connectivity index (χ4n) is 2.56. The predicted molar refractivity (Wildman–Crippen MR) is 95.8 cm³/mol. The summed E-state index contributed by atoms with van der Waals surface area (Å²) in [6.45, 7) is 2.54. The van der Waals surface area contributed by atoms with Crippen LogP contribution in [-0.2, 0) is 22.2 Å². The number of hydrogen-bond acceptors (Lipinski definition) is 4. The highest BCUT2D eigenvalue weighted by molar-refractivity contribution is 7.91. The van der Waals surface area contributed by atoms with E-state index in [1.807, 2.05) is 0 Å². The van der Waals surface area contributed by atoms with Gasteiger partial charge in [0.25, 0.3) is 5.91 Å². The van der Waals surface area contributed by atoms with Crippen LogP contribution >= 0.6 is 0 Å². The van der Waals surface area contributed by atoms with E-state index in [0.717, 1.165) is 17.0 Å². The second-order valence-corrected chi connectivity index (χ2v) is 8.31. The zero-order valence-corrected chi connectivity index (χ0v) is 16.5. The lowest BCUT2D eigenvalue weighted by atomic mass is 10.1. The molecule has 0 bridgehead atoms. The van der Waals surface area contributed by atoms with Crippen molar-refractivity contribution in [3.8, 4) is 0 Å². The van der Waals surface area contributed by atoms with Gasteiger partial charge < -0.3 is 0 Å². The quantitative estimate of drug-likeness (QED) is 0.621. The van der Waals surface area contributed by atoms with E-state index in [1.54, 1.807) is 0 Å². The van der Waals surface area contributed by atoms with Crippen LogP contribution in [-0.4, -0.2) is 31.6 Å². The van der Waals surface area contributed by atoms with Crippen LogP contribution in [0.5, 0.6) is 0 Å². The maximum atomic E-state index is 13.0. The first-order valence-corrected chi connectivity index (χ1v) is 10.2. The number of carbonyl (C=O) groups excluding carboxylic acids is 1. The van der Waals surface area contributed by atoms with Crippen LogP contribution in [0.15, 0.2) is 41.4 Å². The number of hydrogen-bond donors (Lipinski definition) is 0. The second kappa shape index (κ2) is 8.25. The first kappa shape index (κ1) is 23.6. The van der Waals surface area contributed by atoms with E-state index >= 15 is 0 Å². The third-order valence-electron chi connectivity index (χ3n) is 4.17. The van der Waals surface area contributed by atoms with Crippen LogP contribution in [0.4, 0.5) is 32.2 Å². The molecule has 0 saturated heterocycles. The number of pyridine rings is 1. The summed E-state index contributed by atoms with van der Waals surface area (Å²) in [6.07, 6.45) is -8.98. The lowest BCUT2D eigenvalue weighted by molar-refractivity contribution is -0.138. The van der Waals surface area contributed by atoms with Crippen molar-refractivity contribution in [3.05, 3.63) is 53.2 Å². The molecule has 0 radical (unpaired) electrons. The van der Waals surface area contributed by atoms with Gasteiger partial charge in [-0.1, -0.05) is 6.92 Å². The molecule has 0 aliphatic carbocycles. The molecule has 0 atom stereocenters. The molecular weight excluding hydrogens is 438 g/mol. The molecule has 0 spiro atoms. The predicted octanol–water partition coefficient (Wildman–Crippen LogP) is 4.58. The van der Waals surface area contributed by atoms with Crippen LogP contribution in [0.3, 0.4) is 0 Å². The van der Waals surface area contributed by atoms with Crippen LogP contribution in [0, 0.1) is 0 Å². The largest absolute Gasteiger partial charge is 0.417 e. The van der Waals surface area contributed by atoms with Crippen molar-refractivity contribution >= 4 is 21.6 Å². The third-order valence-corrected chi connectivity index (χ3v) is 5.94. The van der Waals surface area contributed by atoms with Gasteiger partial charge in [0.2, 0.25) is 0 Å². The standard InChI is InChI=1S/C18H16F6N2O3S/c1-3-26(15-8-6-12(10-25-15)18(22,23)24)16(27)13-7-5-11(17(19,20)21)9-14(13)30(28,29)4-2/h5-10H,3-4H2,1-2H3. The van der Waals surface area contributed by atoms with Crippen molar-refractivity contribution < 1.29 is 39.6 Å². The molecule has 0 aliphatic rings. The molecule has 1 heterocycles. The van der Waals surface area contributed by atoms with Crippen LogP contribution in [0.2, 0.25) is 0 Å². The van der Waals surface area contributed by atoms with Crippen molar-refractivity contribution in [1.29, 1.82) is 0 Å². The number of carbonyl (C=O) groups is 1. The molecule has 0 N–H and O–H groups in total. The van der Waals surface area contributed by atoms with Gasteiger partial charge in [0.1, 0.15) is 5.82 Å². The number of halogens is 6. The van der Waals surface area contributed by atoms with Crippen molar-refractivity contribution in [2.45, 2.75) is 31.1 Å². The van der Waals surface area contributed by atoms with E-state index in [0.29, 0.717) is 24.4 Å². The molecule has 30 heavy (non-hydrogen) atoms. The fourth-order valence-corrected chi connectivity index (χ4v) is 3.66. The van der Waals surface area contributed by atoms with Gasteiger partial charge in [0.15, 0.2) is 9.84 Å². The Labute approximate surface area is 168 Å². The summed E-state index contributed by atoms with van der Waals surface area (Å²) in [5, 5.41) is 0. The Kier molecular flexibility index (Phi) is 6.50. The first-order valence-electron chi connectivity index (χ1n) is 8.51. The van der Waals surface area contributed by atoms with Gasteiger partial charge in [-0.25, -0.2) is 13.4 Å². The molecule has 2 rings (SSSR count). The number of alkyl halides is 6. The number of anilines is 1. The summed E-state index contributed by atoms with van der Waals surface area (Å²) in [7, 11) is -4.22. The van der Waals surface area contributed by atoms with Crippen LogP contribution in [0.25, 0.3) is 0 Å². The molecule has 1 aromatic carbocycles. The van der Waals surface area contributed by atoms with Gasteiger partial charge in [0, 0.05) is 12.7 Å². The number of amides is 1. The lowest BCUT2D eigenvalue weighted by Crippen LogP contribution is -2.33. The minimum absolute atomic E-state index is 0.121. The molecule has 0 aliphatic heterocycles. The van der Waals surface area contributed by atoms with Crippen molar-refractivity contribution in [1.82, 2.24) is 4.98 Å². The number of benzene rings is 1. The summed E-state index contributed by atoms with van der Waals surface area (Å²) in [6, 6.07) is 3.29. The van der Waals surface area contributed by atoms with Gasteiger partial charge in [-0.3, -0.25) is 9.69 Å². The van der Waals surface area contributed by atoms with E-state index in [2.05, 4.69) is 4.98 Å². The Balaban J connectivity index is 2.57. The summed E-state index contributed by atoms with van der Waals surface area (Å²) in [4.78, 5) is 16.6. The molecule has 164 valence electrons. The molecule has 12 heteroatoms. The monoisotopic (exact) mass is 454 g/mol. The molecule has 0 fully saturated rings. The van der Waals surface area contributed by atoms with Crippen LogP contribution in [0.1, 0.15) is 35.3 Å². The van der Waals surface area contributed by atoms with E-state index in [4.69, 9.17) is 0 Å². The summed E-state index contributed by atoms with van der Waals surface area (Å²) in [5.41, 5.74) is -2.84. The van der Waals surface area contributed by atoms with Crippen molar-refractivity contribution in [2.75, 3.05) is 17.2 Å². The molecule has 2 aromatic rings. The van der Waals surface area contributed by atoms with Gasteiger partial charge >= 0.3 is 12.4 Å². The first-order chi connectivity index (χ1) is 13.7. The average molecular weight is 454 g/mol. The zero-order valence-electron chi connectivity index (χ0n) is 15.7. The van der Waals surface area contributed by atoms with Gasteiger partial charge in [0.05, 0.1) is 27.3 Å². The summed E-state index contributed by atoms with van der Waals surface area (Å²) < 4.78 is 102. The fraction of sp³-hybridized carbons (Fsp3) is 0.333. The average Bonchev–Trinajstić information content (AvgIpc) is 2.67. The highest BCUT2D eigenvalue weighted by atomic mass is 32.2. The maximum absolute atomic E-state index is 13.0. The molecule has 0 saturated carbocycles. The van der Waals surface area contributed by atoms with Gasteiger partial charge in [-0.05, 0) is 37.3 Å².